The number of hydrogen-bond donors (Lipinski definition) is 2. The van der Waals surface area contributed by atoms with E-state index in [1.54, 1.807) is 18.2 Å². The Kier molecular flexibility index (Phi) is 6.38. The van der Waals surface area contributed by atoms with E-state index >= 15 is 0 Å². The van der Waals surface area contributed by atoms with Crippen LogP contribution in [-0.4, -0.2) is 18.4 Å². The number of carbonyl (C=O) groups excluding carboxylic acids is 2. The monoisotopic (exact) mass is 378 g/mol. The molecule has 0 saturated carbocycles. The summed E-state index contributed by atoms with van der Waals surface area (Å²) in [6, 6.07) is 21.2. The predicted molar refractivity (Wildman–Crippen MR) is 107 cm³/mol. The number of amides is 2. The average Bonchev–Trinajstić information content (AvgIpc) is 3.24. The molecule has 0 saturated heterocycles. The van der Waals surface area contributed by atoms with Crippen LogP contribution in [0.1, 0.15) is 4.88 Å². The van der Waals surface area contributed by atoms with Crippen molar-refractivity contribution in [3.63, 3.8) is 0 Å². The van der Waals surface area contributed by atoms with E-state index in [1.165, 1.54) is 17.4 Å². The second-order valence-corrected chi connectivity index (χ2v) is 6.54. The van der Waals surface area contributed by atoms with Crippen LogP contribution in [0.4, 0.5) is 0 Å². The van der Waals surface area contributed by atoms with E-state index < -0.39 is 11.8 Å². The zero-order valence-corrected chi connectivity index (χ0v) is 15.2. The Morgan fingerprint density at radius 3 is 2.33 bits per heavy atom. The lowest BCUT2D eigenvalue weighted by molar-refractivity contribution is -0.128. The number of carbonyl (C=O) groups is 2. The SMILES string of the molecule is O=C(/C=C/c1cccs1)NNC(=O)COc1ccc(-c2ccccc2)cc1. The largest absolute Gasteiger partial charge is 0.484 e. The minimum absolute atomic E-state index is 0.195. The number of hydrazine groups is 1. The lowest BCUT2D eigenvalue weighted by atomic mass is 10.1. The average molecular weight is 378 g/mol. The molecule has 2 aromatic carbocycles. The molecule has 2 N–H and O–H groups in total. The minimum Gasteiger partial charge on any atom is -0.484 e. The highest BCUT2D eigenvalue weighted by atomic mass is 32.1. The third-order valence-corrected chi connectivity index (χ3v) is 4.44. The van der Waals surface area contributed by atoms with Crippen molar-refractivity contribution in [3.05, 3.63) is 83.1 Å². The van der Waals surface area contributed by atoms with Gasteiger partial charge in [0.2, 0.25) is 0 Å². The number of thiophene rings is 1. The van der Waals surface area contributed by atoms with Crippen molar-refractivity contribution in [3.8, 4) is 16.9 Å². The highest BCUT2D eigenvalue weighted by molar-refractivity contribution is 7.10. The van der Waals surface area contributed by atoms with Gasteiger partial charge in [-0.1, -0.05) is 48.5 Å². The zero-order valence-electron chi connectivity index (χ0n) is 14.4. The Bertz CT molecular complexity index is 904. The molecule has 3 rings (SSSR count). The normalized spacial score (nSPS) is 10.5. The first-order valence-corrected chi connectivity index (χ1v) is 9.17. The summed E-state index contributed by atoms with van der Waals surface area (Å²) < 4.78 is 5.43. The van der Waals surface area contributed by atoms with E-state index in [2.05, 4.69) is 10.9 Å². The molecular weight excluding hydrogens is 360 g/mol. The van der Waals surface area contributed by atoms with Crippen molar-refractivity contribution in [2.24, 2.45) is 0 Å². The van der Waals surface area contributed by atoms with Gasteiger partial charge in [-0.05, 0) is 40.8 Å². The van der Waals surface area contributed by atoms with Crippen LogP contribution in [0.15, 0.2) is 78.2 Å². The first-order chi connectivity index (χ1) is 13.2. The van der Waals surface area contributed by atoms with Gasteiger partial charge in [-0.25, -0.2) is 0 Å². The van der Waals surface area contributed by atoms with Crippen molar-refractivity contribution in [2.75, 3.05) is 6.61 Å². The molecule has 5 nitrogen and oxygen atoms in total. The number of benzene rings is 2. The fourth-order valence-corrected chi connectivity index (χ4v) is 2.89. The standard InChI is InChI=1S/C21H18N2O3S/c24-20(13-12-19-7-4-14-27-19)22-23-21(25)15-26-18-10-8-17(9-11-18)16-5-2-1-3-6-16/h1-14H,15H2,(H,22,24)(H,23,25)/b13-12+. The van der Waals surface area contributed by atoms with Crippen molar-refractivity contribution < 1.29 is 14.3 Å². The van der Waals surface area contributed by atoms with Crippen LogP contribution >= 0.6 is 11.3 Å². The molecule has 0 aliphatic heterocycles. The summed E-state index contributed by atoms with van der Waals surface area (Å²) in [5.41, 5.74) is 6.80. The Morgan fingerprint density at radius 2 is 1.63 bits per heavy atom. The zero-order chi connectivity index (χ0) is 18.9. The van der Waals surface area contributed by atoms with Gasteiger partial charge in [-0.2, -0.15) is 0 Å². The van der Waals surface area contributed by atoms with Crippen LogP contribution in [-0.2, 0) is 9.59 Å². The molecule has 6 heteroatoms. The molecule has 2 amide bonds. The number of ether oxygens (including phenoxy) is 1. The van der Waals surface area contributed by atoms with Gasteiger partial charge in [-0.3, -0.25) is 20.4 Å². The molecule has 0 radical (unpaired) electrons. The topological polar surface area (TPSA) is 67.4 Å². The minimum atomic E-state index is -0.444. The van der Waals surface area contributed by atoms with E-state index in [9.17, 15) is 9.59 Å². The Hall–Kier alpha value is -3.38. The Morgan fingerprint density at radius 1 is 0.889 bits per heavy atom. The van der Waals surface area contributed by atoms with Gasteiger partial charge in [0, 0.05) is 11.0 Å². The molecular formula is C21H18N2O3S. The van der Waals surface area contributed by atoms with Crippen molar-refractivity contribution in [1.82, 2.24) is 10.9 Å². The first-order valence-electron chi connectivity index (χ1n) is 8.29. The van der Waals surface area contributed by atoms with E-state index in [0.717, 1.165) is 16.0 Å². The van der Waals surface area contributed by atoms with Gasteiger partial charge in [0.25, 0.3) is 11.8 Å². The second kappa shape index (κ2) is 9.35. The third-order valence-electron chi connectivity index (χ3n) is 3.60. The lowest BCUT2D eigenvalue weighted by Gasteiger charge is -2.08. The van der Waals surface area contributed by atoms with Crippen molar-refractivity contribution in [2.45, 2.75) is 0 Å². The van der Waals surface area contributed by atoms with Crippen LogP contribution in [0.25, 0.3) is 17.2 Å². The van der Waals surface area contributed by atoms with Gasteiger partial charge >= 0.3 is 0 Å². The van der Waals surface area contributed by atoms with E-state index in [1.807, 2.05) is 60.0 Å². The van der Waals surface area contributed by atoms with Crippen LogP contribution < -0.4 is 15.6 Å². The fraction of sp³-hybridized carbons (Fsp3) is 0.0476. The number of rotatable bonds is 6. The van der Waals surface area contributed by atoms with Crippen LogP contribution in [0.2, 0.25) is 0 Å². The van der Waals surface area contributed by atoms with Gasteiger partial charge in [0.05, 0.1) is 0 Å². The first kappa shape index (κ1) is 18.4. The van der Waals surface area contributed by atoms with Gasteiger partial charge in [-0.15, -0.1) is 11.3 Å². The molecule has 0 bridgehead atoms. The molecule has 0 aliphatic rings. The van der Waals surface area contributed by atoms with Gasteiger partial charge in [0.15, 0.2) is 6.61 Å². The summed E-state index contributed by atoms with van der Waals surface area (Å²) in [4.78, 5) is 24.4. The van der Waals surface area contributed by atoms with E-state index in [0.29, 0.717) is 5.75 Å². The van der Waals surface area contributed by atoms with E-state index in [-0.39, 0.29) is 6.61 Å². The smallest absolute Gasteiger partial charge is 0.276 e. The van der Waals surface area contributed by atoms with Gasteiger partial charge < -0.3 is 4.74 Å². The van der Waals surface area contributed by atoms with Gasteiger partial charge in [0.1, 0.15) is 5.75 Å². The summed E-state index contributed by atoms with van der Waals surface area (Å²) in [6.45, 7) is -0.195. The fourth-order valence-electron chi connectivity index (χ4n) is 2.28. The summed E-state index contributed by atoms with van der Waals surface area (Å²) in [5.74, 6) is -0.280. The van der Waals surface area contributed by atoms with Crippen LogP contribution in [0.5, 0.6) is 5.75 Å². The summed E-state index contributed by atoms with van der Waals surface area (Å²) in [6.07, 6.45) is 3.03. The molecule has 0 atom stereocenters. The third kappa shape index (κ3) is 5.83. The quantitative estimate of drug-likeness (QED) is 0.508. The second-order valence-electron chi connectivity index (χ2n) is 5.57. The van der Waals surface area contributed by atoms with Crippen molar-refractivity contribution >= 4 is 29.2 Å². The molecule has 1 heterocycles. The molecule has 0 unspecified atom stereocenters. The molecule has 136 valence electrons. The Labute approximate surface area is 161 Å². The predicted octanol–water partition coefficient (Wildman–Crippen LogP) is 3.65. The maximum absolute atomic E-state index is 11.8. The molecule has 1 aromatic heterocycles. The summed E-state index contributed by atoms with van der Waals surface area (Å²) >= 11 is 1.52. The maximum atomic E-state index is 11.8. The van der Waals surface area contributed by atoms with Crippen molar-refractivity contribution in [1.29, 1.82) is 0 Å². The number of hydrogen-bond acceptors (Lipinski definition) is 4. The highest BCUT2D eigenvalue weighted by Gasteiger charge is 2.04. The molecule has 0 spiro atoms. The molecule has 3 aromatic rings. The number of nitrogens with one attached hydrogen (secondary N) is 2. The molecule has 0 fully saturated rings. The molecule has 0 aliphatic carbocycles. The summed E-state index contributed by atoms with van der Waals surface area (Å²) in [5, 5.41) is 1.92. The maximum Gasteiger partial charge on any atom is 0.276 e. The highest BCUT2D eigenvalue weighted by Crippen LogP contribution is 2.21. The van der Waals surface area contributed by atoms with Crippen LogP contribution in [0.3, 0.4) is 0 Å². The Balaban J connectivity index is 1.42. The lowest BCUT2D eigenvalue weighted by Crippen LogP contribution is -2.43. The van der Waals surface area contributed by atoms with E-state index in [4.69, 9.17) is 4.74 Å². The van der Waals surface area contributed by atoms with Crippen LogP contribution in [0, 0.1) is 0 Å². The summed E-state index contributed by atoms with van der Waals surface area (Å²) in [7, 11) is 0. The molecule has 27 heavy (non-hydrogen) atoms.